The second-order valence-corrected chi connectivity index (χ2v) is 6.41. The zero-order valence-corrected chi connectivity index (χ0v) is 14.1. The Labute approximate surface area is 149 Å². The van der Waals surface area contributed by atoms with Gasteiger partial charge in [0.2, 0.25) is 0 Å². The predicted molar refractivity (Wildman–Crippen MR) is 96.0 cm³/mol. The first-order valence-electron chi connectivity index (χ1n) is 8.51. The Morgan fingerprint density at radius 1 is 1.15 bits per heavy atom. The van der Waals surface area contributed by atoms with Crippen LogP contribution in [-0.4, -0.2) is 30.1 Å². The molecule has 0 bridgehead atoms. The van der Waals surface area contributed by atoms with Crippen LogP contribution in [-0.2, 0) is 11.2 Å². The van der Waals surface area contributed by atoms with Crippen molar-refractivity contribution in [2.24, 2.45) is 5.92 Å². The number of aromatic nitrogens is 1. The van der Waals surface area contributed by atoms with E-state index in [0.29, 0.717) is 24.2 Å². The third kappa shape index (κ3) is 3.36. The summed E-state index contributed by atoms with van der Waals surface area (Å²) in [5, 5.41) is 3.41. The highest BCUT2D eigenvalue weighted by Crippen LogP contribution is 2.20. The average Bonchev–Trinajstić information content (AvgIpc) is 3.09. The van der Waals surface area contributed by atoms with E-state index < -0.39 is 5.91 Å². The largest absolute Gasteiger partial charge is 0.451 e. The smallest absolute Gasteiger partial charge is 0.287 e. The van der Waals surface area contributed by atoms with Gasteiger partial charge in [0.05, 0.1) is 24.6 Å². The van der Waals surface area contributed by atoms with Crippen LogP contribution in [0.5, 0.6) is 0 Å². The Morgan fingerprint density at radius 2 is 1.96 bits per heavy atom. The Kier molecular flexibility index (Phi) is 4.50. The summed E-state index contributed by atoms with van der Waals surface area (Å²) in [7, 11) is 0. The van der Waals surface area contributed by atoms with Crippen molar-refractivity contribution in [1.29, 1.82) is 0 Å². The lowest BCUT2D eigenvalue weighted by Gasteiger charge is -2.18. The van der Waals surface area contributed by atoms with Crippen LogP contribution < -0.4 is 10.7 Å². The fraction of sp³-hybridized carbons (Fsp3) is 0.250. The Hall–Kier alpha value is -2.99. The summed E-state index contributed by atoms with van der Waals surface area (Å²) in [5.41, 5.74) is 1.32. The van der Waals surface area contributed by atoms with Gasteiger partial charge in [-0.15, -0.1) is 0 Å². The van der Waals surface area contributed by atoms with Crippen LogP contribution in [0.25, 0.3) is 11.0 Å². The van der Waals surface area contributed by atoms with Crippen molar-refractivity contribution in [2.75, 3.05) is 13.2 Å². The van der Waals surface area contributed by atoms with E-state index in [4.69, 9.17) is 9.15 Å². The first-order chi connectivity index (χ1) is 12.7. The lowest BCUT2D eigenvalue weighted by atomic mass is 9.95. The molecule has 132 valence electrons. The van der Waals surface area contributed by atoms with Crippen molar-refractivity contribution in [3.8, 4) is 0 Å². The van der Waals surface area contributed by atoms with Crippen LogP contribution in [0.3, 0.4) is 0 Å². The summed E-state index contributed by atoms with van der Waals surface area (Å²) in [5.74, 6) is -0.222. The van der Waals surface area contributed by atoms with Gasteiger partial charge in [0.25, 0.3) is 5.91 Å². The highest BCUT2D eigenvalue weighted by Gasteiger charge is 2.30. The fourth-order valence-corrected chi connectivity index (χ4v) is 3.24. The molecule has 0 spiro atoms. The number of pyridine rings is 1. The van der Waals surface area contributed by atoms with Crippen LogP contribution in [0, 0.1) is 5.92 Å². The van der Waals surface area contributed by atoms with E-state index in [1.165, 1.54) is 6.07 Å². The molecule has 1 amide bonds. The lowest BCUT2D eigenvalue weighted by molar-refractivity contribution is 0.0897. The molecule has 6 heteroatoms. The molecule has 0 unspecified atom stereocenters. The van der Waals surface area contributed by atoms with Gasteiger partial charge in [-0.3, -0.25) is 14.6 Å². The number of hydrogen-bond acceptors (Lipinski definition) is 5. The van der Waals surface area contributed by atoms with Crippen molar-refractivity contribution in [1.82, 2.24) is 10.3 Å². The van der Waals surface area contributed by atoms with Crippen LogP contribution in [0.1, 0.15) is 16.1 Å². The number of rotatable bonds is 4. The third-order valence-corrected chi connectivity index (χ3v) is 4.62. The zero-order valence-electron chi connectivity index (χ0n) is 14.1. The number of ether oxygens (including phenoxy) is 1. The molecule has 1 N–H and O–H groups in total. The van der Waals surface area contributed by atoms with Gasteiger partial charge in [0, 0.05) is 24.4 Å². The molecule has 1 aliphatic heterocycles. The minimum absolute atomic E-state index is 0.0169. The molecule has 1 aliphatic rings. The second-order valence-electron chi connectivity index (χ2n) is 6.41. The fourth-order valence-electron chi connectivity index (χ4n) is 3.24. The molecular weight excluding hydrogens is 332 g/mol. The SMILES string of the molecule is O=C(N[C@H]1COC[C@H]1Cc1ccncc1)c1cc(=O)c2ccccc2o1. The first kappa shape index (κ1) is 16.5. The Bertz CT molecular complexity index is 984. The maximum Gasteiger partial charge on any atom is 0.287 e. The number of amides is 1. The van der Waals surface area contributed by atoms with Crippen molar-refractivity contribution < 1.29 is 13.9 Å². The maximum atomic E-state index is 12.6. The molecule has 3 aromatic rings. The van der Waals surface area contributed by atoms with E-state index in [0.717, 1.165) is 12.0 Å². The number of carbonyl (C=O) groups excluding carboxylic acids is 1. The van der Waals surface area contributed by atoms with Gasteiger partial charge < -0.3 is 14.5 Å². The number of fused-ring (bicyclic) bond motifs is 1. The molecule has 2 aromatic heterocycles. The van der Waals surface area contributed by atoms with Gasteiger partial charge in [-0.2, -0.15) is 0 Å². The molecule has 2 atom stereocenters. The Balaban J connectivity index is 1.51. The van der Waals surface area contributed by atoms with Gasteiger partial charge in [-0.1, -0.05) is 12.1 Å². The summed E-state index contributed by atoms with van der Waals surface area (Å²) in [6.07, 6.45) is 4.29. The summed E-state index contributed by atoms with van der Waals surface area (Å²) in [4.78, 5) is 28.8. The number of benzene rings is 1. The van der Waals surface area contributed by atoms with E-state index in [9.17, 15) is 9.59 Å². The van der Waals surface area contributed by atoms with Crippen molar-refractivity contribution >= 4 is 16.9 Å². The normalized spacial score (nSPS) is 19.5. The van der Waals surface area contributed by atoms with Crippen LogP contribution in [0.15, 0.2) is 64.1 Å². The topological polar surface area (TPSA) is 81.4 Å². The van der Waals surface area contributed by atoms with E-state index in [-0.39, 0.29) is 23.1 Å². The molecule has 0 saturated carbocycles. The second kappa shape index (κ2) is 7.09. The Morgan fingerprint density at radius 3 is 2.81 bits per heavy atom. The summed E-state index contributed by atoms with van der Waals surface area (Å²) < 4.78 is 11.2. The molecule has 1 saturated heterocycles. The average molecular weight is 350 g/mol. The quantitative estimate of drug-likeness (QED) is 0.780. The van der Waals surface area contributed by atoms with Gasteiger partial charge >= 0.3 is 0 Å². The van der Waals surface area contributed by atoms with E-state index >= 15 is 0 Å². The lowest BCUT2D eigenvalue weighted by Crippen LogP contribution is -2.40. The highest BCUT2D eigenvalue weighted by atomic mass is 16.5. The van der Waals surface area contributed by atoms with E-state index in [1.807, 2.05) is 12.1 Å². The van der Waals surface area contributed by atoms with Crippen LogP contribution in [0.2, 0.25) is 0 Å². The number of carbonyl (C=O) groups is 1. The van der Waals surface area contributed by atoms with Crippen LogP contribution >= 0.6 is 0 Å². The maximum absolute atomic E-state index is 12.6. The van der Waals surface area contributed by atoms with Gasteiger partial charge in [0.15, 0.2) is 11.2 Å². The van der Waals surface area contributed by atoms with Crippen molar-refractivity contribution in [3.63, 3.8) is 0 Å². The predicted octanol–water partition coefficient (Wildman–Crippen LogP) is 2.18. The minimum Gasteiger partial charge on any atom is -0.451 e. The molecule has 3 heterocycles. The van der Waals surface area contributed by atoms with E-state index in [2.05, 4.69) is 10.3 Å². The standard InChI is InChI=1S/C20H18N2O4/c23-17-10-19(26-18-4-2-1-3-15(17)18)20(24)22-16-12-25-11-14(16)9-13-5-7-21-8-6-13/h1-8,10,14,16H,9,11-12H2,(H,22,24)/t14-,16+/m1/s1. The highest BCUT2D eigenvalue weighted by molar-refractivity contribution is 5.93. The monoisotopic (exact) mass is 350 g/mol. The summed E-state index contributed by atoms with van der Waals surface area (Å²) in [6.45, 7) is 1.02. The van der Waals surface area contributed by atoms with Gasteiger partial charge in [0.1, 0.15) is 5.58 Å². The molecule has 26 heavy (non-hydrogen) atoms. The van der Waals surface area contributed by atoms with E-state index in [1.54, 1.807) is 36.7 Å². The number of para-hydroxylation sites is 1. The number of nitrogens with zero attached hydrogens (tertiary/aromatic N) is 1. The van der Waals surface area contributed by atoms with Crippen molar-refractivity contribution in [3.05, 3.63) is 76.4 Å². The molecule has 4 rings (SSSR count). The molecule has 0 radical (unpaired) electrons. The molecule has 1 aromatic carbocycles. The minimum atomic E-state index is -0.400. The summed E-state index contributed by atoms with van der Waals surface area (Å²) in [6, 6.07) is 11.9. The zero-order chi connectivity index (χ0) is 17.9. The molecule has 0 aliphatic carbocycles. The van der Waals surface area contributed by atoms with Gasteiger partial charge in [-0.25, -0.2) is 0 Å². The van der Waals surface area contributed by atoms with Crippen molar-refractivity contribution in [2.45, 2.75) is 12.5 Å². The molecule has 6 nitrogen and oxygen atoms in total. The number of nitrogens with one attached hydrogen (secondary N) is 1. The number of hydrogen-bond donors (Lipinski definition) is 1. The first-order valence-corrected chi connectivity index (χ1v) is 8.51. The molecular formula is C20H18N2O4. The van der Waals surface area contributed by atoms with Gasteiger partial charge in [-0.05, 0) is 36.2 Å². The third-order valence-electron chi connectivity index (χ3n) is 4.62. The van der Waals surface area contributed by atoms with Crippen LogP contribution in [0.4, 0.5) is 0 Å². The summed E-state index contributed by atoms with van der Waals surface area (Å²) >= 11 is 0. The molecule has 1 fully saturated rings.